The number of halogens is 1. The number of benzene rings is 1. The molecule has 1 aliphatic rings. The van der Waals surface area contributed by atoms with Gasteiger partial charge in [0.05, 0.1) is 12.7 Å². The number of rotatable bonds is 4. The molecule has 100 valence electrons. The zero-order chi connectivity index (χ0) is 13.0. The van der Waals surface area contributed by atoms with Gasteiger partial charge in [-0.25, -0.2) is 0 Å². The maximum atomic E-state index is 6.00. The van der Waals surface area contributed by atoms with Crippen LogP contribution in [0.1, 0.15) is 18.5 Å². The number of morpholine rings is 1. The maximum absolute atomic E-state index is 6.00. The summed E-state index contributed by atoms with van der Waals surface area (Å²) in [5.74, 6) is 0. The Hall–Kier alpha value is -0.610. The summed E-state index contributed by atoms with van der Waals surface area (Å²) in [6.07, 6.45) is 0.283. The molecule has 1 aliphatic heterocycles. The summed E-state index contributed by atoms with van der Waals surface area (Å²) in [4.78, 5) is 2.31. The first kappa shape index (κ1) is 13.8. The van der Waals surface area contributed by atoms with E-state index in [1.807, 2.05) is 18.2 Å². The van der Waals surface area contributed by atoms with E-state index in [1.165, 1.54) is 5.56 Å². The van der Waals surface area contributed by atoms with Gasteiger partial charge in [0.15, 0.2) is 0 Å². The topological polar surface area (TPSA) is 24.5 Å². The van der Waals surface area contributed by atoms with Crippen molar-refractivity contribution in [1.29, 1.82) is 0 Å². The van der Waals surface area contributed by atoms with Crippen LogP contribution in [0, 0.1) is 0 Å². The van der Waals surface area contributed by atoms with Gasteiger partial charge in [-0.15, -0.1) is 0 Å². The van der Waals surface area contributed by atoms with E-state index >= 15 is 0 Å². The lowest BCUT2D eigenvalue weighted by Gasteiger charge is -2.31. The summed E-state index contributed by atoms with van der Waals surface area (Å²) in [5, 5.41) is 4.29. The number of hydrogen-bond donors (Lipinski definition) is 1. The molecule has 1 fully saturated rings. The molecule has 1 N–H and O–H groups in total. The van der Waals surface area contributed by atoms with Gasteiger partial charge in [-0.2, -0.15) is 0 Å². The maximum Gasteiger partial charge on any atom is 0.0826 e. The smallest absolute Gasteiger partial charge is 0.0826 e. The van der Waals surface area contributed by atoms with E-state index in [-0.39, 0.29) is 6.10 Å². The van der Waals surface area contributed by atoms with E-state index in [2.05, 4.69) is 30.3 Å². The number of hydrogen-bond acceptors (Lipinski definition) is 3. The van der Waals surface area contributed by atoms with Crippen molar-refractivity contribution in [2.75, 3.05) is 33.3 Å². The molecule has 4 heteroatoms. The van der Waals surface area contributed by atoms with Crippen LogP contribution in [0.15, 0.2) is 24.3 Å². The van der Waals surface area contributed by atoms with Crippen LogP contribution in [0.4, 0.5) is 0 Å². The first-order valence-electron chi connectivity index (χ1n) is 6.44. The van der Waals surface area contributed by atoms with Crippen molar-refractivity contribution in [2.24, 2.45) is 0 Å². The predicted molar refractivity (Wildman–Crippen MR) is 75.1 cm³/mol. The molecule has 0 spiro atoms. The Kier molecular flexibility index (Phi) is 5.01. The van der Waals surface area contributed by atoms with Crippen LogP contribution in [-0.4, -0.2) is 44.3 Å². The molecule has 1 aromatic rings. The van der Waals surface area contributed by atoms with Gasteiger partial charge in [0.25, 0.3) is 0 Å². The number of nitrogens with zero attached hydrogens (tertiary/aromatic N) is 1. The lowest BCUT2D eigenvalue weighted by atomic mass is 10.1. The van der Waals surface area contributed by atoms with Gasteiger partial charge in [-0.1, -0.05) is 23.7 Å². The number of likely N-dealkylation sites (N-methyl/N-ethyl adjacent to an activating group) is 1. The highest BCUT2D eigenvalue weighted by Crippen LogP contribution is 2.17. The average Bonchev–Trinajstić information content (AvgIpc) is 2.36. The Morgan fingerprint density at radius 1 is 1.56 bits per heavy atom. The monoisotopic (exact) mass is 268 g/mol. The fourth-order valence-corrected chi connectivity index (χ4v) is 2.39. The van der Waals surface area contributed by atoms with Crippen molar-refractivity contribution in [1.82, 2.24) is 10.2 Å². The molecule has 0 saturated carbocycles. The van der Waals surface area contributed by atoms with Gasteiger partial charge in [-0.05, 0) is 31.7 Å². The van der Waals surface area contributed by atoms with Gasteiger partial charge < -0.3 is 15.0 Å². The van der Waals surface area contributed by atoms with Crippen LogP contribution in [0.2, 0.25) is 5.02 Å². The molecule has 1 saturated heterocycles. The SMILES string of the molecule is C[C@H](NCC1CN(C)CCO1)c1cccc(Cl)c1. The minimum Gasteiger partial charge on any atom is -0.374 e. The van der Waals surface area contributed by atoms with Crippen molar-refractivity contribution in [3.8, 4) is 0 Å². The quantitative estimate of drug-likeness (QED) is 0.907. The van der Waals surface area contributed by atoms with Gasteiger partial charge >= 0.3 is 0 Å². The van der Waals surface area contributed by atoms with Crippen LogP contribution in [0.25, 0.3) is 0 Å². The second kappa shape index (κ2) is 6.53. The van der Waals surface area contributed by atoms with E-state index in [4.69, 9.17) is 16.3 Å². The Morgan fingerprint density at radius 3 is 3.11 bits per heavy atom. The van der Waals surface area contributed by atoms with Gasteiger partial charge in [0.1, 0.15) is 0 Å². The van der Waals surface area contributed by atoms with Crippen molar-refractivity contribution in [3.63, 3.8) is 0 Å². The van der Waals surface area contributed by atoms with Crippen LogP contribution in [0.3, 0.4) is 0 Å². The minimum atomic E-state index is 0.283. The lowest BCUT2D eigenvalue weighted by molar-refractivity contribution is -0.0190. The third kappa shape index (κ3) is 3.95. The Labute approximate surface area is 114 Å². The first-order chi connectivity index (χ1) is 8.65. The molecule has 2 atom stereocenters. The number of ether oxygens (including phenoxy) is 1. The highest BCUT2D eigenvalue weighted by molar-refractivity contribution is 6.30. The summed E-state index contributed by atoms with van der Waals surface area (Å²) >= 11 is 6.00. The van der Waals surface area contributed by atoms with Gasteiger partial charge in [-0.3, -0.25) is 0 Å². The van der Waals surface area contributed by atoms with Crippen LogP contribution >= 0.6 is 11.6 Å². The van der Waals surface area contributed by atoms with E-state index in [0.717, 1.165) is 31.3 Å². The molecular formula is C14H21ClN2O. The molecule has 3 nitrogen and oxygen atoms in total. The molecule has 1 unspecified atom stereocenters. The third-order valence-corrected chi connectivity index (χ3v) is 3.58. The van der Waals surface area contributed by atoms with Crippen molar-refractivity contribution in [3.05, 3.63) is 34.9 Å². The first-order valence-corrected chi connectivity index (χ1v) is 6.82. The summed E-state index contributed by atoms with van der Waals surface area (Å²) in [6, 6.07) is 8.28. The molecule has 0 aliphatic carbocycles. The van der Waals surface area contributed by atoms with Crippen LogP contribution in [-0.2, 0) is 4.74 Å². The third-order valence-electron chi connectivity index (χ3n) is 3.34. The Morgan fingerprint density at radius 2 is 2.39 bits per heavy atom. The lowest BCUT2D eigenvalue weighted by Crippen LogP contribution is -2.45. The fourth-order valence-electron chi connectivity index (χ4n) is 2.19. The molecule has 2 rings (SSSR count). The summed E-state index contributed by atoms with van der Waals surface area (Å²) < 4.78 is 5.73. The summed E-state index contributed by atoms with van der Waals surface area (Å²) in [6.45, 7) is 5.88. The summed E-state index contributed by atoms with van der Waals surface area (Å²) in [5.41, 5.74) is 1.21. The van der Waals surface area contributed by atoms with E-state index < -0.39 is 0 Å². The van der Waals surface area contributed by atoms with Crippen LogP contribution < -0.4 is 5.32 Å². The molecule has 0 amide bonds. The normalized spacial score (nSPS) is 22.9. The largest absolute Gasteiger partial charge is 0.374 e. The molecule has 0 bridgehead atoms. The standard InChI is InChI=1S/C14H21ClN2O/c1-11(12-4-3-5-13(15)8-12)16-9-14-10-17(2)6-7-18-14/h3-5,8,11,14,16H,6-7,9-10H2,1-2H3/t11-,14?/m0/s1. The highest BCUT2D eigenvalue weighted by Gasteiger charge is 2.18. The second-order valence-corrected chi connectivity index (χ2v) is 5.38. The Bertz CT molecular complexity index is 386. The van der Waals surface area contributed by atoms with E-state index in [1.54, 1.807) is 0 Å². The molecule has 0 aromatic heterocycles. The van der Waals surface area contributed by atoms with E-state index in [9.17, 15) is 0 Å². The minimum absolute atomic E-state index is 0.283. The predicted octanol–water partition coefficient (Wildman–Crippen LogP) is 2.32. The fraction of sp³-hybridized carbons (Fsp3) is 0.571. The number of nitrogens with one attached hydrogen (secondary N) is 1. The second-order valence-electron chi connectivity index (χ2n) is 4.94. The van der Waals surface area contributed by atoms with Crippen LogP contribution in [0.5, 0.6) is 0 Å². The van der Waals surface area contributed by atoms with Gasteiger partial charge in [0, 0.05) is 30.7 Å². The highest BCUT2D eigenvalue weighted by atomic mass is 35.5. The van der Waals surface area contributed by atoms with E-state index in [0.29, 0.717) is 6.04 Å². The summed E-state index contributed by atoms with van der Waals surface area (Å²) in [7, 11) is 2.13. The molecule has 0 radical (unpaired) electrons. The Balaban J connectivity index is 1.82. The zero-order valence-electron chi connectivity index (χ0n) is 11.0. The zero-order valence-corrected chi connectivity index (χ0v) is 11.8. The molecule has 18 heavy (non-hydrogen) atoms. The van der Waals surface area contributed by atoms with Crippen molar-refractivity contribution >= 4 is 11.6 Å². The van der Waals surface area contributed by atoms with Crippen molar-refractivity contribution < 1.29 is 4.74 Å². The van der Waals surface area contributed by atoms with Gasteiger partial charge in [0.2, 0.25) is 0 Å². The van der Waals surface area contributed by atoms with Crippen molar-refractivity contribution in [2.45, 2.75) is 19.1 Å². The molecule has 1 aromatic carbocycles. The molecule has 1 heterocycles. The average molecular weight is 269 g/mol. The molecular weight excluding hydrogens is 248 g/mol.